The number of piperidine rings is 1. The number of likely N-dealkylation sites (tertiary alicyclic amines) is 1. The predicted octanol–water partition coefficient (Wildman–Crippen LogP) is 2.42. The molecule has 1 fully saturated rings. The van der Waals surface area contributed by atoms with Crippen LogP contribution in [0.3, 0.4) is 0 Å². The third kappa shape index (κ3) is 2.65. The Balaban J connectivity index is 1.86. The Hall–Kier alpha value is -0.190. The molecule has 2 rings (SSSR count). The van der Waals surface area contributed by atoms with Crippen LogP contribution >= 0.6 is 22.9 Å². The number of nitrogens with zero attached hydrogens (tertiary/aromatic N) is 3. The van der Waals surface area contributed by atoms with E-state index in [2.05, 4.69) is 22.0 Å². The van der Waals surface area contributed by atoms with Gasteiger partial charge >= 0.3 is 0 Å². The van der Waals surface area contributed by atoms with Crippen molar-refractivity contribution in [2.45, 2.75) is 26.3 Å². The van der Waals surface area contributed by atoms with Crippen molar-refractivity contribution < 1.29 is 0 Å². The van der Waals surface area contributed by atoms with Crippen molar-refractivity contribution in [3.05, 3.63) is 9.47 Å². The van der Waals surface area contributed by atoms with E-state index in [0.717, 1.165) is 17.5 Å². The van der Waals surface area contributed by atoms with Crippen LogP contribution in [0.1, 0.15) is 24.8 Å². The maximum Gasteiger partial charge on any atom is 0.207 e. The fraction of sp³-hybridized carbons (Fsp3) is 0.778. The lowest BCUT2D eigenvalue weighted by atomic mass is 9.99. The molecule has 0 aromatic carbocycles. The first-order chi connectivity index (χ1) is 6.74. The van der Waals surface area contributed by atoms with E-state index >= 15 is 0 Å². The van der Waals surface area contributed by atoms with Crippen LogP contribution in [0, 0.1) is 5.92 Å². The van der Waals surface area contributed by atoms with E-state index in [-0.39, 0.29) is 0 Å². The van der Waals surface area contributed by atoms with Crippen molar-refractivity contribution >= 4 is 22.9 Å². The Bertz CT molecular complexity index is 294. The number of aromatic nitrogens is 2. The second kappa shape index (κ2) is 4.55. The summed E-state index contributed by atoms with van der Waals surface area (Å²) in [5.74, 6) is 0.879. The van der Waals surface area contributed by atoms with Gasteiger partial charge in [-0.05, 0) is 43.5 Å². The second-order valence-electron chi connectivity index (χ2n) is 3.91. The van der Waals surface area contributed by atoms with Crippen molar-refractivity contribution in [1.29, 1.82) is 0 Å². The summed E-state index contributed by atoms with van der Waals surface area (Å²) in [7, 11) is 0. The van der Waals surface area contributed by atoms with Crippen molar-refractivity contribution in [3.8, 4) is 0 Å². The Morgan fingerprint density at radius 1 is 1.43 bits per heavy atom. The molecule has 0 unspecified atom stereocenters. The van der Waals surface area contributed by atoms with Crippen LogP contribution < -0.4 is 0 Å². The minimum absolute atomic E-state index is 0.547. The summed E-state index contributed by atoms with van der Waals surface area (Å²) in [4.78, 5) is 2.43. The molecule has 0 spiro atoms. The SMILES string of the molecule is CC1CCN(Cc2nnc(Cl)s2)CC1. The maximum absolute atomic E-state index is 5.73. The average Bonchev–Trinajstić information content (AvgIpc) is 2.56. The normalized spacial score (nSPS) is 20.1. The highest BCUT2D eigenvalue weighted by Crippen LogP contribution is 2.20. The minimum Gasteiger partial charge on any atom is -0.297 e. The van der Waals surface area contributed by atoms with Gasteiger partial charge in [-0.15, -0.1) is 10.2 Å². The van der Waals surface area contributed by atoms with Gasteiger partial charge in [0, 0.05) is 0 Å². The van der Waals surface area contributed by atoms with E-state index in [1.165, 1.54) is 37.3 Å². The molecule has 0 bridgehead atoms. The Kier molecular flexibility index (Phi) is 3.36. The molecule has 1 aliphatic heterocycles. The zero-order chi connectivity index (χ0) is 9.97. The molecule has 1 aliphatic rings. The van der Waals surface area contributed by atoms with E-state index in [9.17, 15) is 0 Å². The van der Waals surface area contributed by atoms with Gasteiger partial charge in [0.2, 0.25) is 4.47 Å². The van der Waals surface area contributed by atoms with Gasteiger partial charge in [-0.25, -0.2) is 0 Å². The van der Waals surface area contributed by atoms with Gasteiger partial charge in [0.05, 0.1) is 6.54 Å². The van der Waals surface area contributed by atoms with Gasteiger partial charge < -0.3 is 0 Å². The van der Waals surface area contributed by atoms with Gasteiger partial charge in [-0.2, -0.15) is 0 Å². The third-order valence-corrected chi connectivity index (χ3v) is 3.68. The van der Waals surface area contributed by atoms with Crippen molar-refractivity contribution in [3.63, 3.8) is 0 Å². The molecule has 14 heavy (non-hydrogen) atoms. The minimum atomic E-state index is 0.547. The van der Waals surface area contributed by atoms with E-state index < -0.39 is 0 Å². The molecular formula is C9H14ClN3S. The summed E-state index contributed by atoms with van der Waals surface area (Å²) >= 11 is 7.21. The van der Waals surface area contributed by atoms with Crippen molar-refractivity contribution in [1.82, 2.24) is 15.1 Å². The summed E-state index contributed by atoms with van der Waals surface area (Å²) in [5.41, 5.74) is 0. The van der Waals surface area contributed by atoms with E-state index in [4.69, 9.17) is 11.6 Å². The molecule has 1 aromatic rings. The molecular weight excluding hydrogens is 218 g/mol. The van der Waals surface area contributed by atoms with Crippen molar-refractivity contribution in [2.75, 3.05) is 13.1 Å². The molecule has 3 nitrogen and oxygen atoms in total. The van der Waals surface area contributed by atoms with Gasteiger partial charge in [0.15, 0.2) is 0 Å². The topological polar surface area (TPSA) is 29.0 Å². The highest BCUT2D eigenvalue weighted by molar-refractivity contribution is 7.15. The van der Waals surface area contributed by atoms with E-state index in [0.29, 0.717) is 4.47 Å². The lowest BCUT2D eigenvalue weighted by molar-refractivity contribution is 0.185. The van der Waals surface area contributed by atoms with Crippen LogP contribution in [0.25, 0.3) is 0 Å². The average molecular weight is 232 g/mol. The molecule has 78 valence electrons. The first-order valence-electron chi connectivity index (χ1n) is 4.94. The van der Waals surface area contributed by atoms with Crippen LogP contribution in [-0.2, 0) is 6.54 Å². The van der Waals surface area contributed by atoms with Crippen molar-refractivity contribution in [2.24, 2.45) is 5.92 Å². The standard InChI is InChI=1S/C9H14ClN3S/c1-7-2-4-13(5-3-7)6-8-11-12-9(10)14-8/h7H,2-6H2,1H3. The zero-order valence-corrected chi connectivity index (χ0v) is 9.81. The van der Waals surface area contributed by atoms with Gasteiger partial charge in [0.25, 0.3) is 0 Å². The molecule has 5 heteroatoms. The summed E-state index contributed by atoms with van der Waals surface area (Å²) in [5, 5.41) is 8.86. The largest absolute Gasteiger partial charge is 0.297 e. The van der Waals surface area contributed by atoms with Gasteiger partial charge in [-0.1, -0.05) is 18.3 Å². The molecule has 0 radical (unpaired) electrons. The Morgan fingerprint density at radius 3 is 2.71 bits per heavy atom. The summed E-state index contributed by atoms with van der Waals surface area (Å²) in [6.07, 6.45) is 2.60. The van der Waals surface area contributed by atoms with Crippen LogP contribution in [0.15, 0.2) is 0 Å². The van der Waals surface area contributed by atoms with Gasteiger partial charge in [0.1, 0.15) is 5.01 Å². The Labute approximate surface area is 93.1 Å². The van der Waals surface area contributed by atoms with Gasteiger partial charge in [-0.3, -0.25) is 4.90 Å². The molecule has 0 aliphatic carbocycles. The fourth-order valence-electron chi connectivity index (χ4n) is 1.71. The highest BCUT2D eigenvalue weighted by atomic mass is 35.5. The quantitative estimate of drug-likeness (QED) is 0.783. The Morgan fingerprint density at radius 2 is 2.14 bits per heavy atom. The van der Waals surface area contributed by atoms with E-state index in [1.54, 1.807) is 0 Å². The summed E-state index contributed by atoms with van der Waals surface area (Å²) in [6.45, 7) is 5.59. The first-order valence-corrected chi connectivity index (χ1v) is 6.13. The van der Waals surface area contributed by atoms with E-state index in [1.807, 2.05) is 0 Å². The van der Waals surface area contributed by atoms with Crippen LogP contribution in [0.2, 0.25) is 4.47 Å². The lowest BCUT2D eigenvalue weighted by Crippen LogP contribution is -2.32. The molecule has 1 aromatic heterocycles. The molecule has 2 heterocycles. The smallest absolute Gasteiger partial charge is 0.207 e. The number of halogens is 1. The monoisotopic (exact) mass is 231 g/mol. The first kappa shape index (κ1) is 10.3. The number of hydrogen-bond donors (Lipinski definition) is 0. The maximum atomic E-state index is 5.73. The molecule has 0 N–H and O–H groups in total. The second-order valence-corrected chi connectivity index (χ2v) is 5.55. The summed E-state index contributed by atoms with van der Waals surface area (Å²) in [6, 6.07) is 0. The molecule has 0 saturated carbocycles. The number of rotatable bonds is 2. The fourth-order valence-corrected chi connectivity index (χ4v) is 2.62. The van der Waals surface area contributed by atoms with Crippen LogP contribution in [0.4, 0.5) is 0 Å². The van der Waals surface area contributed by atoms with Crippen LogP contribution in [-0.4, -0.2) is 28.2 Å². The molecule has 0 amide bonds. The third-order valence-electron chi connectivity index (χ3n) is 2.68. The molecule has 1 saturated heterocycles. The number of hydrogen-bond acceptors (Lipinski definition) is 4. The highest BCUT2D eigenvalue weighted by Gasteiger charge is 2.16. The summed E-state index contributed by atoms with van der Waals surface area (Å²) < 4.78 is 0.547. The lowest BCUT2D eigenvalue weighted by Gasteiger charge is -2.29. The predicted molar refractivity (Wildman–Crippen MR) is 58.6 cm³/mol. The van der Waals surface area contributed by atoms with Crippen LogP contribution in [0.5, 0.6) is 0 Å². The molecule has 0 atom stereocenters. The zero-order valence-electron chi connectivity index (χ0n) is 8.24.